The maximum atomic E-state index is 13.1. The number of amides is 1. The Kier molecular flexibility index (Phi) is 6.01. The summed E-state index contributed by atoms with van der Waals surface area (Å²) in [6.07, 6.45) is 0.586. The molecule has 1 amide bonds. The first-order valence-corrected chi connectivity index (χ1v) is 12.8. The van der Waals surface area contributed by atoms with Crippen LogP contribution in [-0.4, -0.2) is 20.4 Å². The van der Waals surface area contributed by atoms with Crippen LogP contribution in [0.4, 0.5) is 11.4 Å². The summed E-state index contributed by atoms with van der Waals surface area (Å²) in [6.45, 7) is 1.96. The number of sulfonamides is 1. The average Bonchev–Trinajstić information content (AvgIpc) is 3.20. The van der Waals surface area contributed by atoms with Crippen LogP contribution in [0.3, 0.4) is 0 Å². The second-order valence-electron chi connectivity index (χ2n) is 8.43. The van der Waals surface area contributed by atoms with E-state index < -0.39 is 10.0 Å². The molecule has 4 aromatic carbocycles. The van der Waals surface area contributed by atoms with Crippen LogP contribution in [0.15, 0.2) is 108 Å². The van der Waals surface area contributed by atoms with Crippen LogP contribution in [0.5, 0.6) is 11.5 Å². The Bertz CT molecular complexity index is 1450. The lowest BCUT2D eigenvalue weighted by molar-refractivity contribution is 0.0981. The molecule has 5 rings (SSSR count). The molecule has 0 fully saturated rings. The predicted octanol–water partition coefficient (Wildman–Crippen LogP) is 5.87. The predicted molar refractivity (Wildman–Crippen MR) is 137 cm³/mol. The third kappa shape index (κ3) is 4.76. The van der Waals surface area contributed by atoms with Crippen molar-refractivity contribution in [1.29, 1.82) is 0 Å². The first kappa shape index (κ1) is 22.7. The minimum atomic E-state index is -3.81. The van der Waals surface area contributed by atoms with Crippen molar-refractivity contribution >= 4 is 27.3 Å². The molecule has 6 nitrogen and oxygen atoms in total. The molecule has 0 radical (unpaired) electrons. The summed E-state index contributed by atoms with van der Waals surface area (Å²) in [7, 11) is -3.81. The fourth-order valence-corrected chi connectivity index (χ4v) is 5.34. The molecule has 1 aliphatic heterocycles. The normalized spacial score (nSPS) is 14.9. The smallest absolute Gasteiger partial charge is 0.261 e. The third-order valence-corrected chi connectivity index (χ3v) is 7.28. The molecule has 1 aliphatic rings. The minimum Gasteiger partial charge on any atom is -0.457 e. The standard InChI is InChI=1S/C28H24N2O4S/c1-20-18-22-19-26(16-17-27(22)30(20)28(31)21-8-4-2-5-9-21)35(32,33)29-23-12-14-25(15-13-23)34-24-10-6-3-7-11-24/h2-17,19-20,29H,18H2,1H3/t20-/m0/s1. The Morgan fingerprint density at radius 3 is 2.17 bits per heavy atom. The van der Waals surface area contributed by atoms with E-state index in [0.717, 1.165) is 11.3 Å². The zero-order chi connectivity index (χ0) is 24.4. The maximum absolute atomic E-state index is 13.1. The third-order valence-electron chi connectivity index (χ3n) is 5.90. The lowest BCUT2D eigenvalue weighted by Gasteiger charge is -2.23. The summed E-state index contributed by atoms with van der Waals surface area (Å²) in [5.41, 5.74) is 2.61. The van der Waals surface area contributed by atoms with Gasteiger partial charge in [-0.2, -0.15) is 0 Å². The number of anilines is 2. The molecule has 1 heterocycles. The summed E-state index contributed by atoms with van der Waals surface area (Å²) in [6, 6.07) is 30.0. The Balaban J connectivity index is 1.33. The van der Waals surface area contributed by atoms with Gasteiger partial charge in [-0.25, -0.2) is 8.42 Å². The molecule has 1 N–H and O–H groups in total. The van der Waals surface area contributed by atoms with Gasteiger partial charge in [-0.15, -0.1) is 0 Å². The highest BCUT2D eigenvalue weighted by atomic mass is 32.2. The number of carbonyl (C=O) groups is 1. The molecule has 176 valence electrons. The van der Waals surface area contributed by atoms with Gasteiger partial charge in [-0.1, -0.05) is 36.4 Å². The molecular weight excluding hydrogens is 460 g/mol. The molecule has 1 atom stereocenters. The van der Waals surface area contributed by atoms with Gasteiger partial charge in [0.15, 0.2) is 0 Å². The number of benzene rings is 4. The van der Waals surface area contributed by atoms with E-state index in [1.54, 1.807) is 53.4 Å². The van der Waals surface area contributed by atoms with Gasteiger partial charge in [0.2, 0.25) is 0 Å². The number of rotatable bonds is 6. The highest BCUT2D eigenvalue weighted by molar-refractivity contribution is 7.92. The van der Waals surface area contributed by atoms with Crippen molar-refractivity contribution in [1.82, 2.24) is 0 Å². The monoisotopic (exact) mass is 484 g/mol. The van der Waals surface area contributed by atoms with Crippen molar-refractivity contribution in [2.24, 2.45) is 0 Å². The van der Waals surface area contributed by atoms with E-state index in [9.17, 15) is 13.2 Å². The number of para-hydroxylation sites is 1. The van der Waals surface area contributed by atoms with Crippen LogP contribution < -0.4 is 14.4 Å². The molecular formula is C28H24N2O4S. The van der Waals surface area contributed by atoms with Crippen molar-refractivity contribution in [2.45, 2.75) is 24.3 Å². The number of nitrogens with zero attached hydrogens (tertiary/aromatic N) is 1. The Morgan fingerprint density at radius 2 is 1.49 bits per heavy atom. The number of carbonyl (C=O) groups excluding carboxylic acids is 1. The van der Waals surface area contributed by atoms with Gasteiger partial charge in [0, 0.05) is 23.0 Å². The second-order valence-corrected chi connectivity index (χ2v) is 10.1. The van der Waals surface area contributed by atoms with Gasteiger partial charge >= 0.3 is 0 Å². The molecule has 35 heavy (non-hydrogen) atoms. The quantitative estimate of drug-likeness (QED) is 0.371. The van der Waals surface area contributed by atoms with Gasteiger partial charge in [-0.3, -0.25) is 9.52 Å². The highest BCUT2D eigenvalue weighted by Gasteiger charge is 2.32. The molecule has 0 saturated carbocycles. The maximum Gasteiger partial charge on any atom is 0.261 e. The van der Waals surface area contributed by atoms with Crippen LogP contribution in [0.25, 0.3) is 0 Å². The van der Waals surface area contributed by atoms with Gasteiger partial charge < -0.3 is 9.64 Å². The zero-order valence-electron chi connectivity index (χ0n) is 19.1. The largest absolute Gasteiger partial charge is 0.457 e. The van der Waals surface area contributed by atoms with Gasteiger partial charge in [-0.05, 0) is 85.6 Å². The number of hydrogen-bond acceptors (Lipinski definition) is 4. The first-order valence-electron chi connectivity index (χ1n) is 11.3. The van der Waals surface area contributed by atoms with Crippen LogP contribution in [0, 0.1) is 0 Å². The van der Waals surface area contributed by atoms with Crippen LogP contribution in [-0.2, 0) is 16.4 Å². The highest BCUT2D eigenvalue weighted by Crippen LogP contribution is 2.35. The second kappa shape index (κ2) is 9.27. The molecule has 4 aromatic rings. The van der Waals surface area contributed by atoms with E-state index in [1.807, 2.05) is 55.5 Å². The molecule has 0 saturated heterocycles. The molecule has 0 unspecified atom stereocenters. The van der Waals surface area contributed by atoms with Crippen molar-refractivity contribution in [3.05, 3.63) is 114 Å². The topological polar surface area (TPSA) is 75.7 Å². The summed E-state index contributed by atoms with van der Waals surface area (Å²) in [4.78, 5) is 15.0. The van der Waals surface area contributed by atoms with Crippen LogP contribution in [0.2, 0.25) is 0 Å². The fourth-order valence-electron chi connectivity index (χ4n) is 4.23. The van der Waals surface area contributed by atoms with Crippen molar-refractivity contribution in [2.75, 3.05) is 9.62 Å². The number of hydrogen-bond donors (Lipinski definition) is 1. The van der Waals surface area contributed by atoms with E-state index in [4.69, 9.17) is 4.74 Å². The summed E-state index contributed by atoms with van der Waals surface area (Å²) >= 11 is 0. The number of nitrogens with one attached hydrogen (secondary N) is 1. The molecule has 0 aliphatic carbocycles. The zero-order valence-corrected chi connectivity index (χ0v) is 19.9. The van der Waals surface area contributed by atoms with Crippen molar-refractivity contribution < 1.29 is 17.9 Å². The number of fused-ring (bicyclic) bond motifs is 1. The lowest BCUT2D eigenvalue weighted by atomic mass is 10.1. The average molecular weight is 485 g/mol. The lowest BCUT2D eigenvalue weighted by Crippen LogP contribution is -2.35. The van der Waals surface area contributed by atoms with E-state index in [2.05, 4.69) is 4.72 Å². The van der Waals surface area contributed by atoms with Crippen molar-refractivity contribution in [3.8, 4) is 11.5 Å². The minimum absolute atomic E-state index is 0.0687. The Hall–Kier alpha value is -4.10. The van der Waals surface area contributed by atoms with E-state index in [1.165, 1.54) is 6.07 Å². The van der Waals surface area contributed by atoms with Gasteiger partial charge in [0.25, 0.3) is 15.9 Å². The number of ether oxygens (including phenoxy) is 1. The Morgan fingerprint density at radius 1 is 0.857 bits per heavy atom. The first-order chi connectivity index (χ1) is 16.9. The van der Waals surface area contributed by atoms with Crippen molar-refractivity contribution in [3.63, 3.8) is 0 Å². The van der Waals surface area contributed by atoms with Gasteiger partial charge in [0.1, 0.15) is 11.5 Å². The molecule has 0 spiro atoms. The van der Waals surface area contributed by atoms with Crippen LogP contribution in [0.1, 0.15) is 22.8 Å². The van der Waals surface area contributed by atoms with E-state index in [-0.39, 0.29) is 16.8 Å². The van der Waals surface area contributed by atoms with E-state index in [0.29, 0.717) is 29.2 Å². The summed E-state index contributed by atoms with van der Waals surface area (Å²) in [5.74, 6) is 1.21. The summed E-state index contributed by atoms with van der Waals surface area (Å²) < 4.78 is 34.5. The van der Waals surface area contributed by atoms with E-state index >= 15 is 0 Å². The molecule has 0 aromatic heterocycles. The van der Waals surface area contributed by atoms with Gasteiger partial charge in [0.05, 0.1) is 4.90 Å². The SMILES string of the molecule is C[C@H]1Cc2cc(S(=O)(=O)Nc3ccc(Oc4ccccc4)cc3)ccc2N1C(=O)c1ccccc1. The van der Waals surface area contributed by atoms with Crippen LogP contribution >= 0.6 is 0 Å². The Labute approximate surface area is 204 Å². The summed E-state index contributed by atoms with van der Waals surface area (Å²) in [5, 5.41) is 0. The fraction of sp³-hybridized carbons (Fsp3) is 0.107. The molecule has 7 heteroatoms. The molecule has 0 bridgehead atoms.